The van der Waals surface area contributed by atoms with Crippen molar-refractivity contribution < 1.29 is 14.8 Å². The van der Waals surface area contributed by atoms with Gasteiger partial charge >= 0.3 is 0 Å². The number of benzene rings is 2. The van der Waals surface area contributed by atoms with Crippen molar-refractivity contribution in [3.05, 3.63) is 65.3 Å². The van der Waals surface area contributed by atoms with Gasteiger partial charge in [0.05, 0.1) is 11.4 Å². The molecule has 4 rings (SSSR count). The Hall–Kier alpha value is -4.31. The van der Waals surface area contributed by atoms with Crippen molar-refractivity contribution in [1.82, 2.24) is 15.4 Å². The van der Waals surface area contributed by atoms with Gasteiger partial charge in [-0.1, -0.05) is 25.0 Å². The van der Waals surface area contributed by atoms with Crippen LogP contribution >= 0.6 is 0 Å². The van der Waals surface area contributed by atoms with Crippen LogP contribution in [0.25, 0.3) is 5.57 Å². The molecule has 10 heteroatoms. The first-order valence-electron chi connectivity index (χ1n) is 12.2. The van der Waals surface area contributed by atoms with Gasteiger partial charge in [-0.2, -0.15) is 4.98 Å². The van der Waals surface area contributed by atoms with Gasteiger partial charge in [0, 0.05) is 30.3 Å². The molecule has 1 aromatic heterocycles. The van der Waals surface area contributed by atoms with E-state index in [2.05, 4.69) is 52.6 Å². The summed E-state index contributed by atoms with van der Waals surface area (Å²) in [5.41, 5.74) is 5.05. The summed E-state index contributed by atoms with van der Waals surface area (Å²) in [6, 6.07) is 15.4. The molecule has 0 spiro atoms. The summed E-state index contributed by atoms with van der Waals surface area (Å²) in [5.74, 6) is -0.160. The Morgan fingerprint density at radius 2 is 1.84 bits per heavy atom. The summed E-state index contributed by atoms with van der Waals surface area (Å²) in [6.45, 7) is 4.39. The fourth-order valence-corrected chi connectivity index (χ4v) is 4.29. The molecule has 1 atom stereocenters. The van der Waals surface area contributed by atoms with Crippen molar-refractivity contribution >= 4 is 46.2 Å². The van der Waals surface area contributed by atoms with Crippen LogP contribution in [0.1, 0.15) is 39.5 Å². The van der Waals surface area contributed by atoms with Crippen molar-refractivity contribution in [3.8, 4) is 0 Å². The first-order valence-corrected chi connectivity index (χ1v) is 12.2. The van der Waals surface area contributed by atoms with E-state index in [0.717, 1.165) is 41.8 Å². The molecule has 1 unspecified atom stereocenters. The van der Waals surface area contributed by atoms with E-state index in [9.17, 15) is 9.59 Å². The smallest absolute Gasteiger partial charge is 0.252 e. The van der Waals surface area contributed by atoms with Gasteiger partial charge in [-0.15, -0.1) is 0 Å². The van der Waals surface area contributed by atoms with Crippen molar-refractivity contribution in [1.29, 1.82) is 0 Å². The van der Waals surface area contributed by atoms with Gasteiger partial charge in [-0.25, -0.2) is 10.5 Å². The molecule has 0 saturated carbocycles. The third kappa shape index (κ3) is 6.47. The van der Waals surface area contributed by atoms with Crippen molar-refractivity contribution in [3.63, 3.8) is 0 Å². The lowest BCUT2D eigenvalue weighted by molar-refractivity contribution is -0.132. The Morgan fingerprint density at radius 1 is 1.08 bits per heavy atom. The molecule has 1 aliphatic heterocycles. The molecule has 0 fully saturated rings. The Labute approximate surface area is 215 Å². The highest BCUT2D eigenvalue weighted by molar-refractivity contribution is 6.03. The van der Waals surface area contributed by atoms with E-state index in [-0.39, 0.29) is 0 Å². The Morgan fingerprint density at radius 3 is 2.57 bits per heavy atom. The predicted molar refractivity (Wildman–Crippen MR) is 143 cm³/mol. The number of carbonyl (C=O) groups is 2. The minimum Gasteiger partial charge on any atom is -0.329 e. The maximum atomic E-state index is 11.8. The van der Waals surface area contributed by atoms with Gasteiger partial charge in [-0.05, 0) is 67.4 Å². The van der Waals surface area contributed by atoms with Crippen LogP contribution in [-0.2, 0) is 9.59 Å². The van der Waals surface area contributed by atoms with Crippen LogP contribution in [0, 0.1) is 0 Å². The number of carbonyl (C=O) groups excluding carboxylic acids is 2. The second kappa shape index (κ2) is 11.6. The van der Waals surface area contributed by atoms with Gasteiger partial charge in [0.2, 0.25) is 11.9 Å². The molecule has 3 aromatic rings. The van der Waals surface area contributed by atoms with Gasteiger partial charge < -0.3 is 15.5 Å². The van der Waals surface area contributed by atoms with Gasteiger partial charge in [0.1, 0.15) is 12.2 Å². The van der Waals surface area contributed by atoms with Gasteiger partial charge in [-0.3, -0.25) is 19.8 Å². The highest BCUT2D eigenvalue weighted by Gasteiger charge is 2.14. The fourth-order valence-electron chi connectivity index (χ4n) is 4.29. The zero-order chi connectivity index (χ0) is 26.4. The predicted octanol–water partition coefficient (Wildman–Crippen LogP) is 3.18. The van der Waals surface area contributed by atoms with E-state index in [1.807, 2.05) is 18.0 Å². The largest absolute Gasteiger partial charge is 0.329 e. The Balaban J connectivity index is 1.47. The first-order chi connectivity index (χ1) is 17.9. The number of aromatic nitrogens is 2. The Kier molecular flexibility index (Phi) is 8.09. The molecule has 0 aliphatic carbocycles. The second-order valence-corrected chi connectivity index (χ2v) is 9.02. The van der Waals surface area contributed by atoms with E-state index in [4.69, 9.17) is 10.2 Å². The van der Waals surface area contributed by atoms with Crippen LogP contribution in [0.5, 0.6) is 0 Å². The highest BCUT2D eigenvalue weighted by Crippen LogP contribution is 2.23. The van der Waals surface area contributed by atoms with Crippen LogP contribution in [0.4, 0.5) is 28.8 Å². The van der Waals surface area contributed by atoms with E-state index < -0.39 is 18.2 Å². The molecule has 1 aliphatic rings. The number of hydrogen-bond acceptors (Lipinski definition) is 8. The van der Waals surface area contributed by atoms with E-state index in [0.29, 0.717) is 17.7 Å². The number of nitrogens with one attached hydrogen (secondary N) is 3. The van der Waals surface area contributed by atoms with Crippen LogP contribution in [-0.4, -0.2) is 40.1 Å². The first kappa shape index (κ1) is 25.8. The zero-order valence-corrected chi connectivity index (χ0v) is 21.2. The summed E-state index contributed by atoms with van der Waals surface area (Å²) >= 11 is 0. The third-order valence-electron chi connectivity index (χ3n) is 6.17. The minimum absolute atomic E-state index is 0.340. The molecule has 37 heavy (non-hydrogen) atoms. The number of anilines is 5. The Bertz CT molecular complexity index is 1410. The molecule has 2 heterocycles. The maximum absolute atomic E-state index is 11.8. The maximum Gasteiger partial charge on any atom is 0.252 e. The summed E-state index contributed by atoms with van der Waals surface area (Å²) in [4.78, 5) is 38.9. The van der Waals surface area contributed by atoms with E-state index in [1.165, 1.54) is 16.3 Å². The molecule has 4 N–H and O–H groups in total. The standard InChI is InChI=1S/C27H31N7O3/c1-4-5-20-14-17(2)22-11-10-21(15-23(22)29-20)34(3)24-12-13-28-27(32-24)31-19-8-6-18(7-9-19)30-25(35)16-26(36)33-37/h6-13,15,20,37H,4-5,14,16H2,1-3H3,(H,30,35)(H,33,36)(H,28,31,32). The molecule has 0 radical (unpaired) electrons. The third-order valence-corrected chi connectivity index (χ3v) is 6.17. The average Bonchev–Trinajstić information content (AvgIpc) is 2.89. The van der Waals surface area contributed by atoms with Crippen LogP contribution in [0.3, 0.4) is 0 Å². The normalized spacial score (nSPS) is 14.3. The monoisotopic (exact) mass is 501 g/mol. The van der Waals surface area contributed by atoms with Crippen molar-refractivity contribution in [2.24, 2.45) is 4.99 Å². The lowest BCUT2D eigenvalue weighted by Crippen LogP contribution is -2.34. The van der Waals surface area contributed by atoms with Gasteiger partial charge in [0.25, 0.3) is 5.91 Å². The van der Waals surface area contributed by atoms with Crippen LogP contribution in [0.15, 0.2) is 59.7 Å². The van der Waals surface area contributed by atoms with Crippen LogP contribution < -0.4 is 31.6 Å². The van der Waals surface area contributed by atoms with Gasteiger partial charge in [0.15, 0.2) is 0 Å². The highest BCUT2D eigenvalue weighted by atomic mass is 16.5. The number of nitrogens with zero attached hydrogens (tertiary/aromatic N) is 4. The lowest BCUT2D eigenvalue weighted by Gasteiger charge is -2.21. The molecular formula is C27H31N7O3. The van der Waals surface area contributed by atoms with E-state index >= 15 is 0 Å². The molecular weight excluding hydrogens is 470 g/mol. The topological polar surface area (TPSA) is 132 Å². The molecule has 0 bridgehead atoms. The number of hydroxylamine groups is 1. The minimum atomic E-state index is -0.781. The molecule has 2 aromatic carbocycles. The SMILES string of the molecule is CCCC1CC(C)=c2ccc(N(C)c3ccnc(Nc4ccc(NC(=O)CC(=O)NO)cc4)n3)cc2=N1. The molecule has 2 amide bonds. The quantitative estimate of drug-likeness (QED) is 0.201. The average molecular weight is 502 g/mol. The van der Waals surface area contributed by atoms with Crippen molar-refractivity contribution in [2.45, 2.75) is 45.6 Å². The summed E-state index contributed by atoms with van der Waals surface area (Å²) in [5, 5.41) is 16.5. The number of rotatable bonds is 9. The summed E-state index contributed by atoms with van der Waals surface area (Å²) < 4.78 is 0. The molecule has 10 nitrogen and oxygen atoms in total. The molecule has 192 valence electrons. The van der Waals surface area contributed by atoms with Crippen molar-refractivity contribution in [2.75, 3.05) is 22.6 Å². The number of fused-ring (bicyclic) bond motifs is 1. The lowest BCUT2D eigenvalue weighted by atomic mass is 9.98. The number of hydrogen-bond donors (Lipinski definition) is 4. The summed E-state index contributed by atoms with van der Waals surface area (Å²) in [7, 11) is 1.96. The zero-order valence-electron chi connectivity index (χ0n) is 21.2. The summed E-state index contributed by atoms with van der Waals surface area (Å²) in [6.07, 6.45) is 4.45. The van der Waals surface area contributed by atoms with Crippen LogP contribution in [0.2, 0.25) is 0 Å². The molecule has 0 saturated heterocycles. The second-order valence-electron chi connectivity index (χ2n) is 9.02. The van der Waals surface area contributed by atoms with E-state index in [1.54, 1.807) is 30.5 Å². The fraction of sp³-hybridized carbons (Fsp3) is 0.296. The number of amides is 2.